The normalized spacial score (nSPS) is 9.18. The van der Waals surface area contributed by atoms with Crippen LogP contribution < -0.4 is 5.32 Å². The molecule has 11 heavy (non-hydrogen) atoms. The van der Waals surface area contributed by atoms with Gasteiger partial charge in [-0.3, -0.25) is 0 Å². The zero-order valence-electron chi connectivity index (χ0n) is 5.90. The van der Waals surface area contributed by atoms with Gasteiger partial charge in [-0.1, -0.05) is 0 Å². The number of hydrogen-bond acceptors (Lipinski definition) is 4. The molecule has 0 spiro atoms. The first-order valence-electron chi connectivity index (χ1n) is 2.97. The van der Waals surface area contributed by atoms with Gasteiger partial charge < -0.3 is 10.4 Å². The van der Waals surface area contributed by atoms with Crippen LogP contribution >= 0.6 is 0 Å². The lowest BCUT2D eigenvalue weighted by Crippen LogP contribution is -2.02. The van der Waals surface area contributed by atoms with Crippen LogP contribution in [0.4, 0.5) is 5.82 Å². The first kappa shape index (κ1) is 7.46. The van der Waals surface area contributed by atoms with Crippen LogP contribution in [0.5, 0.6) is 0 Å². The van der Waals surface area contributed by atoms with Crippen LogP contribution in [0, 0.1) is 0 Å². The Kier molecular flexibility index (Phi) is 2.00. The number of carboxylic acids is 1. The van der Waals surface area contributed by atoms with Gasteiger partial charge in [-0.05, 0) is 0 Å². The number of nitrogens with zero attached hydrogens (tertiary/aromatic N) is 2. The number of anilines is 1. The molecule has 5 heteroatoms. The summed E-state index contributed by atoms with van der Waals surface area (Å²) in [5, 5.41) is 11.2. The summed E-state index contributed by atoms with van der Waals surface area (Å²) in [7, 11) is 1.66. The standard InChI is InChI=1S/C6H7N3O2/c1-7-5-2-4(6(10)11)8-3-9-5/h2-3H,1H3,(H,10,11)(H,7,8,9). The minimum absolute atomic E-state index is 0.00986. The summed E-state index contributed by atoms with van der Waals surface area (Å²) in [5.74, 6) is -0.554. The van der Waals surface area contributed by atoms with Crippen molar-refractivity contribution in [3.8, 4) is 0 Å². The average Bonchev–Trinajstić information content (AvgIpc) is 2.05. The predicted molar refractivity (Wildman–Crippen MR) is 38.5 cm³/mol. The molecule has 1 heterocycles. The molecule has 1 aromatic rings. The van der Waals surface area contributed by atoms with Crippen LogP contribution in [0.1, 0.15) is 10.5 Å². The van der Waals surface area contributed by atoms with Crippen molar-refractivity contribution in [2.45, 2.75) is 0 Å². The molecule has 0 aliphatic rings. The number of nitrogens with one attached hydrogen (secondary N) is 1. The van der Waals surface area contributed by atoms with Crippen LogP contribution in [0.2, 0.25) is 0 Å². The van der Waals surface area contributed by atoms with Crippen molar-refractivity contribution in [1.82, 2.24) is 9.97 Å². The Hall–Kier alpha value is -1.65. The summed E-state index contributed by atoms with van der Waals surface area (Å²) < 4.78 is 0. The van der Waals surface area contributed by atoms with Gasteiger partial charge in [0, 0.05) is 13.1 Å². The molecule has 0 bridgehead atoms. The van der Waals surface area contributed by atoms with E-state index in [2.05, 4.69) is 15.3 Å². The second-order valence-electron chi connectivity index (χ2n) is 1.84. The minimum atomic E-state index is -1.05. The number of rotatable bonds is 2. The quantitative estimate of drug-likeness (QED) is 0.635. The Labute approximate surface area is 63.1 Å². The van der Waals surface area contributed by atoms with E-state index in [4.69, 9.17) is 5.11 Å². The second kappa shape index (κ2) is 2.96. The number of carbonyl (C=O) groups is 1. The number of carboxylic acid groups (broad SMARTS) is 1. The molecular weight excluding hydrogens is 146 g/mol. The molecule has 2 N–H and O–H groups in total. The molecule has 0 saturated carbocycles. The summed E-state index contributed by atoms with van der Waals surface area (Å²) >= 11 is 0. The van der Waals surface area contributed by atoms with Crippen LogP contribution in [0.3, 0.4) is 0 Å². The number of aromatic nitrogens is 2. The summed E-state index contributed by atoms with van der Waals surface area (Å²) in [4.78, 5) is 17.6. The van der Waals surface area contributed by atoms with Crippen molar-refractivity contribution in [3.05, 3.63) is 18.1 Å². The fourth-order valence-corrected chi connectivity index (χ4v) is 0.611. The highest BCUT2D eigenvalue weighted by Crippen LogP contribution is 2.01. The summed E-state index contributed by atoms with van der Waals surface area (Å²) in [6.07, 6.45) is 1.20. The maximum Gasteiger partial charge on any atom is 0.354 e. The monoisotopic (exact) mass is 153 g/mol. The van der Waals surface area contributed by atoms with E-state index in [1.807, 2.05) is 0 Å². The third-order valence-electron chi connectivity index (χ3n) is 1.14. The van der Waals surface area contributed by atoms with Crippen molar-refractivity contribution in [2.24, 2.45) is 0 Å². The van der Waals surface area contributed by atoms with Crippen LogP contribution in [-0.4, -0.2) is 28.1 Å². The largest absolute Gasteiger partial charge is 0.477 e. The van der Waals surface area contributed by atoms with Gasteiger partial charge >= 0.3 is 5.97 Å². The molecule has 0 aliphatic carbocycles. The summed E-state index contributed by atoms with van der Waals surface area (Å²) in [6.45, 7) is 0. The maximum absolute atomic E-state index is 10.4. The Morgan fingerprint density at radius 1 is 1.64 bits per heavy atom. The Morgan fingerprint density at radius 2 is 2.36 bits per heavy atom. The van der Waals surface area contributed by atoms with E-state index < -0.39 is 5.97 Å². The smallest absolute Gasteiger partial charge is 0.354 e. The molecule has 0 aliphatic heterocycles. The molecule has 0 atom stereocenters. The van der Waals surface area contributed by atoms with Gasteiger partial charge in [0.2, 0.25) is 0 Å². The van der Waals surface area contributed by atoms with E-state index >= 15 is 0 Å². The first-order chi connectivity index (χ1) is 5.24. The SMILES string of the molecule is CNc1cc(C(=O)O)ncn1. The van der Waals surface area contributed by atoms with Gasteiger partial charge in [-0.25, -0.2) is 14.8 Å². The fourth-order valence-electron chi connectivity index (χ4n) is 0.611. The molecule has 0 aromatic carbocycles. The van der Waals surface area contributed by atoms with Crippen LogP contribution in [-0.2, 0) is 0 Å². The van der Waals surface area contributed by atoms with Gasteiger partial charge in [-0.2, -0.15) is 0 Å². The van der Waals surface area contributed by atoms with Gasteiger partial charge in [0.05, 0.1) is 0 Å². The lowest BCUT2D eigenvalue weighted by molar-refractivity contribution is 0.0690. The molecule has 5 nitrogen and oxygen atoms in total. The average molecular weight is 153 g/mol. The van der Waals surface area contributed by atoms with Crippen LogP contribution in [0.25, 0.3) is 0 Å². The van der Waals surface area contributed by atoms with Gasteiger partial charge in [0.15, 0.2) is 5.69 Å². The highest BCUT2D eigenvalue weighted by atomic mass is 16.4. The Morgan fingerprint density at radius 3 is 2.91 bits per heavy atom. The topological polar surface area (TPSA) is 75.1 Å². The number of aromatic carboxylic acids is 1. The predicted octanol–water partition coefficient (Wildman–Crippen LogP) is 0.216. The van der Waals surface area contributed by atoms with Crippen molar-refractivity contribution < 1.29 is 9.90 Å². The lowest BCUT2D eigenvalue weighted by Gasteiger charge is -1.97. The van der Waals surface area contributed by atoms with Gasteiger partial charge in [0.25, 0.3) is 0 Å². The summed E-state index contributed by atoms with van der Waals surface area (Å²) in [5.41, 5.74) is -0.00986. The highest BCUT2D eigenvalue weighted by molar-refractivity contribution is 5.85. The first-order valence-corrected chi connectivity index (χ1v) is 2.97. The van der Waals surface area contributed by atoms with Crippen LogP contribution in [0.15, 0.2) is 12.4 Å². The summed E-state index contributed by atoms with van der Waals surface area (Å²) in [6, 6.07) is 1.36. The van der Waals surface area contributed by atoms with E-state index in [9.17, 15) is 4.79 Å². The van der Waals surface area contributed by atoms with E-state index in [0.717, 1.165) is 0 Å². The molecular formula is C6H7N3O2. The third-order valence-corrected chi connectivity index (χ3v) is 1.14. The molecule has 0 fully saturated rings. The van der Waals surface area contributed by atoms with Gasteiger partial charge in [0.1, 0.15) is 12.1 Å². The molecule has 0 saturated heterocycles. The zero-order valence-corrected chi connectivity index (χ0v) is 5.90. The van der Waals surface area contributed by atoms with Crippen molar-refractivity contribution in [3.63, 3.8) is 0 Å². The number of hydrogen-bond donors (Lipinski definition) is 2. The minimum Gasteiger partial charge on any atom is -0.477 e. The lowest BCUT2D eigenvalue weighted by atomic mass is 10.4. The molecule has 1 aromatic heterocycles. The molecule has 0 unspecified atom stereocenters. The maximum atomic E-state index is 10.4. The van der Waals surface area contributed by atoms with E-state index in [0.29, 0.717) is 5.82 Å². The molecule has 0 amide bonds. The van der Waals surface area contributed by atoms with E-state index in [1.165, 1.54) is 12.4 Å². The fraction of sp³-hybridized carbons (Fsp3) is 0.167. The molecule has 58 valence electrons. The van der Waals surface area contributed by atoms with E-state index in [-0.39, 0.29) is 5.69 Å². The molecule has 1 rings (SSSR count). The van der Waals surface area contributed by atoms with Gasteiger partial charge in [-0.15, -0.1) is 0 Å². The Bertz CT molecular complexity index is 274. The Balaban J connectivity index is 3.01. The van der Waals surface area contributed by atoms with Crippen molar-refractivity contribution >= 4 is 11.8 Å². The van der Waals surface area contributed by atoms with Crippen molar-refractivity contribution in [1.29, 1.82) is 0 Å². The zero-order chi connectivity index (χ0) is 8.27. The second-order valence-corrected chi connectivity index (χ2v) is 1.84. The van der Waals surface area contributed by atoms with E-state index in [1.54, 1.807) is 7.05 Å². The highest BCUT2D eigenvalue weighted by Gasteiger charge is 2.03. The third kappa shape index (κ3) is 1.64. The van der Waals surface area contributed by atoms with Crippen molar-refractivity contribution in [2.75, 3.05) is 12.4 Å². The molecule has 0 radical (unpaired) electrons.